The Morgan fingerprint density at radius 1 is 1.24 bits per heavy atom. The van der Waals surface area contributed by atoms with Crippen molar-refractivity contribution in [2.24, 2.45) is 0 Å². The van der Waals surface area contributed by atoms with Gasteiger partial charge < -0.3 is 14.5 Å². The number of carbonyl (C=O) groups is 1. The molecule has 1 aromatic heterocycles. The summed E-state index contributed by atoms with van der Waals surface area (Å²) in [6.07, 6.45) is 1.82. The van der Waals surface area contributed by atoms with Crippen molar-refractivity contribution in [3.63, 3.8) is 0 Å². The minimum absolute atomic E-state index is 0.141. The number of piperazine rings is 1. The van der Waals surface area contributed by atoms with Gasteiger partial charge in [-0.25, -0.2) is 0 Å². The molecule has 132 valence electrons. The van der Waals surface area contributed by atoms with E-state index in [0.717, 1.165) is 55.3 Å². The first kappa shape index (κ1) is 16.1. The van der Waals surface area contributed by atoms with Crippen LogP contribution in [0.15, 0.2) is 24.4 Å². The van der Waals surface area contributed by atoms with Crippen LogP contribution in [0.25, 0.3) is 11.3 Å². The van der Waals surface area contributed by atoms with Crippen LogP contribution < -0.4 is 4.74 Å². The van der Waals surface area contributed by atoms with Crippen molar-refractivity contribution in [1.29, 1.82) is 0 Å². The average Bonchev–Trinajstić information content (AvgIpc) is 3.05. The predicted octanol–water partition coefficient (Wildman–Crippen LogP) is 1.92. The van der Waals surface area contributed by atoms with Gasteiger partial charge in [-0.2, -0.15) is 5.10 Å². The molecular formula is C19H24N4O2. The first-order chi connectivity index (χ1) is 12.2. The van der Waals surface area contributed by atoms with Crippen molar-refractivity contribution in [2.45, 2.75) is 27.0 Å². The average molecular weight is 340 g/mol. The lowest BCUT2D eigenvalue weighted by Crippen LogP contribution is -2.49. The molecule has 2 aromatic rings. The number of aromatic nitrogens is 2. The fraction of sp³-hybridized carbons (Fsp3) is 0.474. The molecule has 25 heavy (non-hydrogen) atoms. The molecule has 6 heteroatoms. The van der Waals surface area contributed by atoms with Crippen LogP contribution in [0.4, 0.5) is 0 Å². The number of benzene rings is 1. The van der Waals surface area contributed by atoms with E-state index < -0.39 is 0 Å². The first-order valence-corrected chi connectivity index (χ1v) is 8.94. The summed E-state index contributed by atoms with van der Waals surface area (Å²) in [6.45, 7) is 9.57. The Hall–Kier alpha value is -2.34. The number of rotatable bonds is 3. The summed E-state index contributed by atoms with van der Waals surface area (Å²) in [4.78, 5) is 17.1. The molecule has 1 aromatic carbocycles. The van der Waals surface area contributed by atoms with Crippen molar-refractivity contribution >= 4 is 5.91 Å². The number of carbonyl (C=O) groups excluding carboxylic acids is 1. The lowest BCUT2D eigenvalue weighted by Gasteiger charge is -2.34. The molecule has 0 radical (unpaired) electrons. The van der Waals surface area contributed by atoms with E-state index in [1.807, 2.05) is 27.9 Å². The van der Waals surface area contributed by atoms with E-state index in [4.69, 9.17) is 4.74 Å². The summed E-state index contributed by atoms with van der Waals surface area (Å²) >= 11 is 0. The molecule has 0 aliphatic carbocycles. The van der Waals surface area contributed by atoms with E-state index in [0.29, 0.717) is 6.61 Å². The van der Waals surface area contributed by atoms with Gasteiger partial charge in [-0.05, 0) is 25.6 Å². The number of hydrogen-bond donors (Lipinski definition) is 0. The topological polar surface area (TPSA) is 50.6 Å². The predicted molar refractivity (Wildman–Crippen MR) is 95.4 cm³/mol. The molecule has 1 fully saturated rings. The van der Waals surface area contributed by atoms with Gasteiger partial charge in [0.05, 0.1) is 11.9 Å². The largest absolute Gasteiger partial charge is 0.488 e. The quantitative estimate of drug-likeness (QED) is 0.857. The van der Waals surface area contributed by atoms with Crippen molar-refractivity contribution in [3.8, 4) is 17.0 Å². The van der Waals surface area contributed by atoms with Crippen LogP contribution >= 0.6 is 0 Å². The Bertz CT molecular complexity index is 791. The third-order valence-electron chi connectivity index (χ3n) is 5.15. The van der Waals surface area contributed by atoms with Gasteiger partial charge in [-0.1, -0.05) is 18.6 Å². The molecule has 2 aliphatic heterocycles. The maximum atomic E-state index is 12.7. The molecular weight excluding hydrogens is 316 g/mol. The molecule has 1 saturated heterocycles. The van der Waals surface area contributed by atoms with Gasteiger partial charge in [-0.3, -0.25) is 9.48 Å². The van der Waals surface area contributed by atoms with Crippen LogP contribution in [-0.2, 0) is 17.9 Å². The van der Waals surface area contributed by atoms with E-state index in [2.05, 4.69) is 29.9 Å². The van der Waals surface area contributed by atoms with E-state index >= 15 is 0 Å². The highest BCUT2D eigenvalue weighted by molar-refractivity contribution is 5.78. The van der Waals surface area contributed by atoms with Gasteiger partial charge in [0.25, 0.3) is 0 Å². The fourth-order valence-corrected chi connectivity index (χ4v) is 3.61. The Balaban J connectivity index is 1.55. The normalized spacial score (nSPS) is 17.0. The Kier molecular flexibility index (Phi) is 4.21. The fourth-order valence-electron chi connectivity index (χ4n) is 3.61. The van der Waals surface area contributed by atoms with Crippen molar-refractivity contribution < 1.29 is 9.53 Å². The van der Waals surface area contributed by atoms with Gasteiger partial charge in [0.15, 0.2) is 0 Å². The second-order valence-electron chi connectivity index (χ2n) is 6.78. The summed E-state index contributed by atoms with van der Waals surface area (Å²) in [5.74, 6) is 1.01. The SMILES string of the molecule is CCN1CCN(C(=O)Cn2ncc3c2-c2cc(C)ccc2OC3)CC1. The number of likely N-dealkylation sites (N-methyl/N-ethyl adjacent to an activating group) is 1. The lowest BCUT2D eigenvalue weighted by atomic mass is 10.0. The molecule has 0 saturated carbocycles. The van der Waals surface area contributed by atoms with Crippen LogP contribution in [0.2, 0.25) is 0 Å². The zero-order valence-electron chi connectivity index (χ0n) is 14.9. The maximum Gasteiger partial charge on any atom is 0.244 e. The van der Waals surface area contributed by atoms with E-state index in [-0.39, 0.29) is 12.5 Å². The molecule has 0 spiro atoms. The molecule has 3 heterocycles. The molecule has 0 atom stereocenters. The third-order valence-corrected chi connectivity index (χ3v) is 5.15. The number of amides is 1. The van der Waals surface area contributed by atoms with Gasteiger partial charge in [0.2, 0.25) is 5.91 Å². The summed E-state index contributed by atoms with van der Waals surface area (Å²) in [5.41, 5.74) is 4.26. The molecule has 0 unspecified atom stereocenters. The van der Waals surface area contributed by atoms with E-state index in [1.165, 1.54) is 5.56 Å². The lowest BCUT2D eigenvalue weighted by molar-refractivity contribution is -0.133. The van der Waals surface area contributed by atoms with Gasteiger partial charge in [0, 0.05) is 37.3 Å². The number of aryl methyl sites for hydroxylation is 1. The van der Waals surface area contributed by atoms with Gasteiger partial charge in [0.1, 0.15) is 18.9 Å². The molecule has 6 nitrogen and oxygen atoms in total. The first-order valence-electron chi connectivity index (χ1n) is 8.94. The minimum atomic E-state index is 0.141. The molecule has 1 amide bonds. The second kappa shape index (κ2) is 6.52. The highest BCUT2D eigenvalue weighted by atomic mass is 16.5. The Morgan fingerprint density at radius 3 is 2.80 bits per heavy atom. The number of fused-ring (bicyclic) bond motifs is 3. The minimum Gasteiger partial charge on any atom is -0.488 e. The van der Waals surface area contributed by atoms with Gasteiger partial charge >= 0.3 is 0 Å². The summed E-state index contributed by atoms with van der Waals surface area (Å²) in [7, 11) is 0. The molecule has 2 aliphatic rings. The van der Waals surface area contributed by atoms with Crippen LogP contribution in [-0.4, -0.2) is 58.2 Å². The number of ether oxygens (including phenoxy) is 1. The highest BCUT2D eigenvalue weighted by Gasteiger charge is 2.25. The van der Waals surface area contributed by atoms with Crippen LogP contribution in [0.1, 0.15) is 18.1 Å². The molecule has 0 N–H and O–H groups in total. The zero-order chi connectivity index (χ0) is 17.4. The Labute approximate surface area is 148 Å². The summed E-state index contributed by atoms with van der Waals surface area (Å²) < 4.78 is 7.65. The molecule has 4 rings (SSSR count). The number of nitrogens with zero attached hydrogens (tertiary/aromatic N) is 4. The smallest absolute Gasteiger partial charge is 0.244 e. The molecule has 0 bridgehead atoms. The summed E-state index contributed by atoms with van der Waals surface area (Å²) in [5, 5.41) is 4.47. The van der Waals surface area contributed by atoms with Crippen LogP contribution in [0.5, 0.6) is 5.75 Å². The van der Waals surface area contributed by atoms with Crippen LogP contribution in [0, 0.1) is 6.92 Å². The van der Waals surface area contributed by atoms with Crippen molar-refractivity contribution in [3.05, 3.63) is 35.5 Å². The highest BCUT2D eigenvalue weighted by Crippen LogP contribution is 2.37. The summed E-state index contributed by atoms with van der Waals surface area (Å²) in [6, 6.07) is 6.15. The van der Waals surface area contributed by atoms with Crippen molar-refractivity contribution in [1.82, 2.24) is 19.6 Å². The zero-order valence-corrected chi connectivity index (χ0v) is 14.9. The van der Waals surface area contributed by atoms with Crippen LogP contribution in [0.3, 0.4) is 0 Å². The van der Waals surface area contributed by atoms with E-state index in [1.54, 1.807) is 0 Å². The van der Waals surface area contributed by atoms with Gasteiger partial charge in [-0.15, -0.1) is 0 Å². The van der Waals surface area contributed by atoms with E-state index in [9.17, 15) is 4.79 Å². The maximum absolute atomic E-state index is 12.7. The number of hydrogen-bond acceptors (Lipinski definition) is 4. The standard InChI is InChI=1S/C19H24N4O2/c1-3-21-6-8-22(9-7-21)18(24)12-23-19-15(11-20-23)13-25-17-5-4-14(2)10-16(17)19/h4-5,10-11H,3,6-9,12-13H2,1-2H3. The monoisotopic (exact) mass is 340 g/mol. The Morgan fingerprint density at radius 2 is 2.04 bits per heavy atom. The van der Waals surface area contributed by atoms with Crippen molar-refractivity contribution in [2.75, 3.05) is 32.7 Å². The second-order valence-corrected chi connectivity index (χ2v) is 6.78. The third kappa shape index (κ3) is 3.02.